The van der Waals surface area contributed by atoms with E-state index >= 15 is 0 Å². The van der Waals surface area contributed by atoms with E-state index in [2.05, 4.69) is 9.88 Å². The zero-order chi connectivity index (χ0) is 18.8. The molecule has 6 heteroatoms. The van der Waals surface area contributed by atoms with Crippen LogP contribution in [-0.4, -0.2) is 43.0 Å². The lowest BCUT2D eigenvalue weighted by Gasteiger charge is -2.19. The number of benzene rings is 2. The monoisotopic (exact) mass is 379 g/mol. The minimum Gasteiger partial charge on any atom is -0.451 e. The average molecular weight is 379 g/mol. The van der Waals surface area contributed by atoms with Crippen LogP contribution < -0.4 is 4.90 Å². The molecule has 0 saturated heterocycles. The SMILES string of the molecule is CN(C)CCCN(C(=O)c1cc2ccccc2o1)c1nc2ccccc2s1. The Hall–Kier alpha value is -2.70. The van der Waals surface area contributed by atoms with Crippen LogP contribution in [0.3, 0.4) is 0 Å². The number of para-hydroxylation sites is 2. The Balaban J connectivity index is 1.68. The molecule has 2 aromatic heterocycles. The Morgan fingerprint density at radius 2 is 1.85 bits per heavy atom. The third kappa shape index (κ3) is 3.72. The molecule has 2 heterocycles. The molecule has 0 bridgehead atoms. The molecule has 0 fully saturated rings. The first kappa shape index (κ1) is 17.7. The molecule has 4 aromatic rings. The van der Waals surface area contributed by atoms with Crippen molar-refractivity contribution in [3.8, 4) is 0 Å². The number of fused-ring (bicyclic) bond motifs is 2. The van der Waals surface area contributed by atoms with Gasteiger partial charge < -0.3 is 9.32 Å². The zero-order valence-electron chi connectivity index (χ0n) is 15.4. The highest BCUT2D eigenvalue weighted by molar-refractivity contribution is 7.22. The molecule has 0 saturated carbocycles. The second-order valence-corrected chi connectivity index (χ2v) is 7.74. The van der Waals surface area contributed by atoms with Crippen LogP contribution in [0.1, 0.15) is 17.0 Å². The van der Waals surface area contributed by atoms with Gasteiger partial charge in [-0.05, 0) is 51.3 Å². The lowest BCUT2D eigenvalue weighted by atomic mass is 10.2. The molecule has 0 spiro atoms. The summed E-state index contributed by atoms with van der Waals surface area (Å²) in [7, 11) is 4.06. The van der Waals surface area contributed by atoms with Crippen molar-refractivity contribution in [1.82, 2.24) is 9.88 Å². The Morgan fingerprint density at radius 3 is 2.63 bits per heavy atom. The summed E-state index contributed by atoms with van der Waals surface area (Å²) in [6, 6.07) is 17.4. The molecule has 1 amide bonds. The number of rotatable bonds is 6. The van der Waals surface area contributed by atoms with Gasteiger partial charge in [-0.25, -0.2) is 4.98 Å². The standard InChI is InChI=1S/C21H21N3O2S/c1-23(2)12-7-13-24(21-22-16-9-4-6-11-19(16)27-21)20(25)18-14-15-8-3-5-10-17(15)26-18/h3-6,8-11,14H,7,12-13H2,1-2H3. The summed E-state index contributed by atoms with van der Waals surface area (Å²) in [4.78, 5) is 21.8. The van der Waals surface area contributed by atoms with Gasteiger partial charge in [0.2, 0.25) is 0 Å². The van der Waals surface area contributed by atoms with E-state index in [1.165, 1.54) is 11.3 Å². The molecule has 0 unspecified atom stereocenters. The minimum atomic E-state index is -0.149. The molecule has 2 aromatic carbocycles. The maximum absolute atomic E-state index is 13.3. The van der Waals surface area contributed by atoms with Gasteiger partial charge in [0.1, 0.15) is 5.58 Å². The number of hydrogen-bond acceptors (Lipinski definition) is 5. The van der Waals surface area contributed by atoms with Crippen LogP contribution >= 0.6 is 11.3 Å². The van der Waals surface area contributed by atoms with Crippen molar-refractivity contribution in [2.24, 2.45) is 0 Å². The van der Waals surface area contributed by atoms with E-state index in [1.807, 2.05) is 68.7 Å². The van der Waals surface area contributed by atoms with Crippen LogP contribution in [0.15, 0.2) is 59.0 Å². The Bertz CT molecular complexity index is 1020. The second-order valence-electron chi connectivity index (χ2n) is 6.73. The fourth-order valence-corrected chi connectivity index (χ4v) is 4.01. The Kier molecular flexibility index (Phi) is 4.92. The molecule has 0 aliphatic heterocycles. The predicted molar refractivity (Wildman–Crippen MR) is 111 cm³/mol. The molecule has 0 atom stereocenters. The van der Waals surface area contributed by atoms with Gasteiger partial charge in [0, 0.05) is 11.9 Å². The van der Waals surface area contributed by atoms with Crippen molar-refractivity contribution in [3.63, 3.8) is 0 Å². The number of hydrogen-bond donors (Lipinski definition) is 0. The summed E-state index contributed by atoms with van der Waals surface area (Å²) in [5.41, 5.74) is 1.63. The van der Waals surface area contributed by atoms with E-state index in [-0.39, 0.29) is 5.91 Å². The number of anilines is 1. The highest BCUT2D eigenvalue weighted by atomic mass is 32.1. The number of carbonyl (C=O) groups excluding carboxylic acids is 1. The number of aromatic nitrogens is 1. The van der Waals surface area contributed by atoms with Crippen molar-refractivity contribution in [1.29, 1.82) is 0 Å². The van der Waals surface area contributed by atoms with Crippen molar-refractivity contribution < 1.29 is 9.21 Å². The smallest absolute Gasteiger partial charge is 0.295 e. The molecular weight excluding hydrogens is 358 g/mol. The van der Waals surface area contributed by atoms with E-state index in [1.54, 1.807) is 4.90 Å². The Morgan fingerprint density at radius 1 is 1.07 bits per heavy atom. The zero-order valence-corrected chi connectivity index (χ0v) is 16.2. The van der Waals surface area contributed by atoms with Gasteiger partial charge in [0.15, 0.2) is 10.9 Å². The van der Waals surface area contributed by atoms with E-state index in [0.717, 1.165) is 34.2 Å². The van der Waals surface area contributed by atoms with Crippen LogP contribution in [0, 0.1) is 0 Å². The maximum Gasteiger partial charge on any atom is 0.295 e. The molecule has 0 aliphatic carbocycles. The molecule has 27 heavy (non-hydrogen) atoms. The summed E-state index contributed by atoms with van der Waals surface area (Å²) >= 11 is 1.53. The van der Waals surface area contributed by atoms with E-state index < -0.39 is 0 Å². The first-order chi connectivity index (χ1) is 13.1. The van der Waals surface area contributed by atoms with Crippen molar-refractivity contribution >= 4 is 43.6 Å². The first-order valence-electron chi connectivity index (χ1n) is 8.92. The van der Waals surface area contributed by atoms with Gasteiger partial charge >= 0.3 is 0 Å². The molecule has 0 aliphatic rings. The van der Waals surface area contributed by atoms with Gasteiger partial charge in [0.25, 0.3) is 5.91 Å². The number of carbonyl (C=O) groups is 1. The molecule has 0 N–H and O–H groups in total. The van der Waals surface area contributed by atoms with Gasteiger partial charge in [-0.3, -0.25) is 9.69 Å². The molecule has 4 rings (SSSR count). The summed E-state index contributed by atoms with van der Waals surface area (Å²) in [5.74, 6) is 0.198. The normalized spacial score (nSPS) is 11.5. The highest BCUT2D eigenvalue weighted by Gasteiger charge is 2.24. The fourth-order valence-electron chi connectivity index (χ4n) is 3.02. The minimum absolute atomic E-state index is 0.149. The van der Waals surface area contributed by atoms with Gasteiger partial charge in [-0.1, -0.05) is 41.7 Å². The van der Waals surface area contributed by atoms with E-state index in [9.17, 15) is 4.79 Å². The quantitative estimate of drug-likeness (QED) is 0.490. The van der Waals surface area contributed by atoms with Crippen molar-refractivity contribution in [3.05, 3.63) is 60.4 Å². The summed E-state index contributed by atoms with van der Waals surface area (Å²) in [6.07, 6.45) is 0.856. The summed E-state index contributed by atoms with van der Waals surface area (Å²) in [6.45, 7) is 1.49. The molecule has 0 radical (unpaired) electrons. The average Bonchev–Trinajstić information content (AvgIpc) is 3.28. The number of amides is 1. The molecule has 138 valence electrons. The topological polar surface area (TPSA) is 49.6 Å². The van der Waals surface area contributed by atoms with Crippen LogP contribution in [0.25, 0.3) is 21.2 Å². The van der Waals surface area contributed by atoms with Gasteiger partial charge in [0.05, 0.1) is 10.2 Å². The first-order valence-corrected chi connectivity index (χ1v) is 9.74. The summed E-state index contributed by atoms with van der Waals surface area (Å²) in [5, 5.41) is 1.64. The number of furan rings is 1. The maximum atomic E-state index is 13.3. The number of thiazole rings is 1. The van der Waals surface area contributed by atoms with Crippen molar-refractivity contribution in [2.45, 2.75) is 6.42 Å². The molecular formula is C21H21N3O2S. The van der Waals surface area contributed by atoms with E-state index in [0.29, 0.717) is 17.4 Å². The van der Waals surface area contributed by atoms with Gasteiger partial charge in [-0.15, -0.1) is 0 Å². The van der Waals surface area contributed by atoms with Gasteiger partial charge in [-0.2, -0.15) is 0 Å². The second kappa shape index (κ2) is 7.50. The number of nitrogens with zero attached hydrogens (tertiary/aromatic N) is 3. The van der Waals surface area contributed by atoms with Crippen molar-refractivity contribution in [2.75, 3.05) is 32.1 Å². The summed E-state index contributed by atoms with van der Waals surface area (Å²) < 4.78 is 6.88. The lowest BCUT2D eigenvalue weighted by molar-refractivity contribution is 0.0961. The fraction of sp³-hybridized carbons (Fsp3) is 0.238. The largest absolute Gasteiger partial charge is 0.451 e. The van der Waals surface area contributed by atoms with Crippen LogP contribution in [0.2, 0.25) is 0 Å². The molecule has 5 nitrogen and oxygen atoms in total. The third-order valence-corrected chi connectivity index (χ3v) is 5.44. The highest BCUT2D eigenvalue weighted by Crippen LogP contribution is 2.30. The van der Waals surface area contributed by atoms with E-state index in [4.69, 9.17) is 4.42 Å². The van der Waals surface area contributed by atoms with Crippen LogP contribution in [-0.2, 0) is 0 Å². The third-order valence-electron chi connectivity index (χ3n) is 4.38. The lowest BCUT2D eigenvalue weighted by Crippen LogP contribution is -2.33. The Labute approximate surface area is 161 Å². The van der Waals surface area contributed by atoms with Crippen LogP contribution in [0.4, 0.5) is 5.13 Å². The predicted octanol–water partition coefficient (Wildman–Crippen LogP) is 4.64. The van der Waals surface area contributed by atoms with Crippen LogP contribution in [0.5, 0.6) is 0 Å².